The van der Waals surface area contributed by atoms with E-state index in [0.29, 0.717) is 11.5 Å². The summed E-state index contributed by atoms with van der Waals surface area (Å²) in [6, 6.07) is 7.98. The summed E-state index contributed by atoms with van der Waals surface area (Å²) in [5.74, 6) is 0.670. The van der Waals surface area contributed by atoms with Crippen molar-refractivity contribution >= 4 is 5.91 Å². The van der Waals surface area contributed by atoms with Crippen molar-refractivity contribution in [2.24, 2.45) is 5.92 Å². The molecule has 0 spiro atoms. The second-order valence-electron chi connectivity index (χ2n) is 7.28. The molecule has 2 aromatic rings. The highest BCUT2D eigenvalue weighted by atomic mass is 19.4. The van der Waals surface area contributed by atoms with Gasteiger partial charge in [0.25, 0.3) is 5.91 Å². The van der Waals surface area contributed by atoms with Crippen LogP contribution in [0, 0.1) is 5.92 Å². The number of benzene rings is 1. The number of carbonyl (C=O) groups is 1. The Balaban J connectivity index is 1.45. The van der Waals surface area contributed by atoms with Crippen LogP contribution in [0.15, 0.2) is 36.5 Å². The van der Waals surface area contributed by atoms with E-state index in [-0.39, 0.29) is 18.0 Å². The van der Waals surface area contributed by atoms with E-state index in [1.807, 2.05) is 4.90 Å². The van der Waals surface area contributed by atoms with Gasteiger partial charge in [0, 0.05) is 23.8 Å². The van der Waals surface area contributed by atoms with Crippen LogP contribution in [0.1, 0.15) is 41.4 Å². The smallest absolute Gasteiger partial charge is 0.333 e. The monoisotopic (exact) mass is 349 g/mol. The number of aromatic nitrogens is 2. The first-order valence-corrected chi connectivity index (χ1v) is 8.26. The zero-order chi connectivity index (χ0) is 17.8. The molecule has 3 fully saturated rings. The summed E-state index contributed by atoms with van der Waals surface area (Å²) < 4.78 is 39.0. The van der Waals surface area contributed by atoms with Crippen molar-refractivity contribution in [3.05, 3.63) is 53.3 Å². The molecule has 2 bridgehead atoms. The van der Waals surface area contributed by atoms with E-state index in [1.54, 1.807) is 24.3 Å². The Kier molecular flexibility index (Phi) is 3.46. The van der Waals surface area contributed by atoms with Crippen LogP contribution in [0.3, 0.4) is 0 Å². The van der Waals surface area contributed by atoms with Crippen LogP contribution in [0.4, 0.5) is 13.2 Å². The Hall–Kier alpha value is -2.31. The van der Waals surface area contributed by atoms with Gasteiger partial charge in [0.05, 0.1) is 6.54 Å². The first-order chi connectivity index (χ1) is 11.7. The number of hydrogen-bond donors (Lipinski definition) is 0. The molecule has 0 unspecified atom stereocenters. The van der Waals surface area contributed by atoms with Crippen molar-refractivity contribution in [2.75, 3.05) is 6.54 Å². The number of halogens is 3. The molecular formula is C18H18F3N3O. The van der Waals surface area contributed by atoms with Crippen molar-refractivity contribution in [3.8, 4) is 0 Å². The number of amides is 1. The van der Waals surface area contributed by atoms with E-state index in [1.165, 1.54) is 10.9 Å². The summed E-state index contributed by atoms with van der Waals surface area (Å²) in [7, 11) is 0. The lowest BCUT2D eigenvalue weighted by molar-refractivity contribution is -0.141. The fraction of sp³-hybridized carbons (Fsp3) is 0.444. The first kappa shape index (κ1) is 16.2. The molecule has 5 rings (SSSR count). The molecule has 25 heavy (non-hydrogen) atoms. The molecule has 1 amide bonds. The van der Waals surface area contributed by atoms with Gasteiger partial charge in [0.2, 0.25) is 0 Å². The Bertz CT molecular complexity index is 804. The van der Waals surface area contributed by atoms with Gasteiger partial charge < -0.3 is 4.90 Å². The van der Waals surface area contributed by atoms with E-state index in [0.717, 1.165) is 31.0 Å². The third-order valence-electron chi connectivity index (χ3n) is 5.27. The van der Waals surface area contributed by atoms with Gasteiger partial charge in [0.15, 0.2) is 5.69 Å². The maximum absolute atomic E-state index is 12.7. The van der Waals surface area contributed by atoms with E-state index >= 15 is 0 Å². The third-order valence-corrected chi connectivity index (χ3v) is 5.27. The molecule has 1 saturated carbocycles. The van der Waals surface area contributed by atoms with Crippen molar-refractivity contribution < 1.29 is 18.0 Å². The summed E-state index contributed by atoms with van der Waals surface area (Å²) in [6.45, 7) is 3.18. The lowest BCUT2D eigenvalue weighted by Crippen LogP contribution is -2.45. The lowest BCUT2D eigenvalue weighted by Gasteiger charge is -2.38. The molecule has 0 N–H and O–H groups in total. The molecule has 2 saturated heterocycles. The van der Waals surface area contributed by atoms with Gasteiger partial charge in [-0.25, -0.2) is 0 Å². The number of nitrogens with zero attached hydrogens (tertiary/aromatic N) is 3. The van der Waals surface area contributed by atoms with Crippen LogP contribution < -0.4 is 0 Å². The standard InChI is InChI=1S/C18H18F3N3O/c1-17-8-13(9-17)11-24(17)16(25)14-4-2-12(3-5-14)10-23-7-6-15(22-23)18(19,20)21/h2-7,13H,8-11H2,1H3. The largest absolute Gasteiger partial charge is 0.435 e. The topological polar surface area (TPSA) is 38.1 Å². The summed E-state index contributed by atoms with van der Waals surface area (Å²) in [6.07, 6.45) is -0.969. The zero-order valence-corrected chi connectivity index (χ0v) is 13.8. The molecule has 1 aromatic carbocycles. The molecular weight excluding hydrogens is 331 g/mol. The highest BCUT2D eigenvalue weighted by Crippen LogP contribution is 2.50. The Morgan fingerprint density at radius 1 is 1.24 bits per heavy atom. The van der Waals surface area contributed by atoms with Crippen molar-refractivity contribution in [1.29, 1.82) is 0 Å². The summed E-state index contributed by atoms with van der Waals surface area (Å²) in [5.41, 5.74) is 0.517. The minimum Gasteiger partial charge on any atom is -0.333 e. The van der Waals surface area contributed by atoms with Crippen molar-refractivity contribution in [1.82, 2.24) is 14.7 Å². The van der Waals surface area contributed by atoms with Crippen molar-refractivity contribution in [2.45, 2.75) is 38.0 Å². The Morgan fingerprint density at radius 3 is 2.44 bits per heavy atom. The minimum absolute atomic E-state index is 0.00345. The summed E-state index contributed by atoms with van der Waals surface area (Å²) in [4.78, 5) is 14.6. The van der Waals surface area contributed by atoms with E-state index in [9.17, 15) is 18.0 Å². The number of carbonyl (C=O) groups excluding carboxylic acids is 1. The minimum atomic E-state index is -4.44. The predicted molar refractivity (Wildman–Crippen MR) is 84.9 cm³/mol. The molecule has 2 aliphatic heterocycles. The second-order valence-corrected chi connectivity index (χ2v) is 7.28. The molecule has 3 heterocycles. The van der Waals surface area contributed by atoms with Gasteiger partial charge in [-0.2, -0.15) is 18.3 Å². The van der Waals surface area contributed by atoms with Crippen LogP contribution in [-0.2, 0) is 12.7 Å². The van der Waals surface area contributed by atoms with Gasteiger partial charge in [-0.3, -0.25) is 9.48 Å². The Morgan fingerprint density at radius 2 is 1.92 bits per heavy atom. The van der Waals surface area contributed by atoms with Gasteiger partial charge in [-0.1, -0.05) is 12.1 Å². The van der Waals surface area contributed by atoms with Gasteiger partial charge in [-0.05, 0) is 49.4 Å². The van der Waals surface area contributed by atoms with Gasteiger partial charge in [0.1, 0.15) is 0 Å². The molecule has 7 heteroatoms. The maximum atomic E-state index is 12.7. The number of alkyl halides is 3. The van der Waals surface area contributed by atoms with Crippen LogP contribution in [-0.4, -0.2) is 32.7 Å². The average molecular weight is 349 g/mol. The van der Waals surface area contributed by atoms with Gasteiger partial charge in [-0.15, -0.1) is 0 Å². The van der Waals surface area contributed by atoms with Crippen LogP contribution >= 0.6 is 0 Å². The highest BCUT2D eigenvalue weighted by molar-refractivity contribution is 5.95. The third kappa shape index (κ3) is 2.81. The average Bonchev–Trinajstić information content (AvgIpc) is 3.19. The maximum Gasteiger partial charge on any atom is 0.435 e. The zero-order valence-electron chi connectivity index (χ0n) is 13.8. The summed E-state index contributed by atoms with van der Waals surface area (Å²) >= 11 is 0. The van der Waals surface area contributed by atoms with E-state index < -0.39 is 11.9 Å². The molecule has 1 aromatic heterocycles. The van der Waals surface area contributed by atoms with Gasteiger partial charge >= 0.3 is 6.18 Å². The quantitative estimate of drug-likeness (QED) is 0.850. The fourth-order valence-electron chi connectivity index (χ4n) is 4.04. The predicted octanol–water partition coefficient (Wildman–Crippen LogP) is 3.57. The van der Waals surface area contributed by atoms with E-state index in [2.05, 4.69) is 12.0 Å². The Labute approximate surface area is 143 Å². The van der Waals surface area contributed by atoms with Crippen molar-refractivity contribution in [3.63, 3.8) is 0 Å². The SMILES string of the molecule is CC12CC(CN1C(=O)c1ccc(Cn3ccc(C(F)(F)F)n3)cc1)C2. The van der Waals surface area contributed by atoms with Crippen LogP contribution in [0.5, 0.6) is 0 Å². The fourth-order valence-corrected chi connectivity index (χ4v) is 4.04. The van der Waals surface area contributed by atoms with Crippen LogP contribution in [0.2, 0.25) is 0 Å². The van der Waals surface area contributed by atoms with E-state index in [4.69, 9.17) is 0 Å². The normalized spacial score (nSPS) is 25.1. The number of rotatable bonds is 3. The molecule has 4 nitrogen and oxygen atoms in total. The molecule has 132 valence electrons. The molecule has 0 atom stereocenters. The molecule has 3 aliphatic rings. The van der Waals surface area contributed by atoms with Crippen LogP contribution in [0.25, 0.3) is 0 Å². The number of hydrogen-bond acceptors (Lipinski definition) is 2. The molecule has 0 radical (unpaired) electrons. The number of fused-ring (bicyclic) bond motifs is 1. The highest BCUT2D eigenvalue weighted by Gasteiger charge is 2.54. The second kappa shape index (κ2) is 5.34. The lowest BCUT2D eigenvalue weighted by atomic mass is 9.75. The first-order valence-electron chi connectivity index (χ1n) is 8.26. The summed E-state index contributed by atoms with van der Waals surface area (Å²) in [5, 5.41) is 3.54. The molecule has 1 aliphatic carbocycles.